The quantitative estimate of drug-likeness (QED) is 0.891. The molecule has 0 amide bonds. The van der Waals surface area contributed by atoms with E-state index in [2.05, 4.69) is 15.9 Å². The van der Waals surface area contributed by atoms with Gasteiger partial charge in [-0.1, -0.05) is 15.9 Å². The van der Waals surface area contributed by atoms with Crippen molar-refractivity contribution >= 4 is 27.6 Å². The number of likely N-dealkylation sites (N-methyl/N-ethyl adjacent to an activating group) is 1. The van der Waals surface area contributed by atoms with E-state index >= 15 is 0 Å². The molecule has 1 N–H and O–H groups in total. The molecule has 0 spiro atoms. The lowest BCUT2D eigenvalue weighted by molar-refractivity contribution is -0.141. The van der Waals surface area contributed by atoms with Gasteiger partial charge in [0, 0.05) is 17.2 Å². The van der Waals surface area contributed by atoms with Crippen molar-refractivity contribution in [3.8, 4) is 0 Å². The summed E-state index contributed by atoms with van der Waals surface area (Å²) in [6.45, 7) is 0.0864. The van der Waals surface area contributed by atoms with E-state index in [0.29, 0.717) is 4.47 Å². The summed E-state index contributed by atoms with van der Waals surface area (Å²) in [7, 11) is 1.45. The Morgan fingerprint density at radius 2 is 2.10 bits per heavy atom. The topological polar surface area (TPSA) is 49.8 Å². The summed E-state index contributed by atoms with van der Waals surface area (Å²) < 4.78 is 44.8. The fourth-order valence-electron chi connectivity index (χ4n) is 2.38. The molecule has 1 aromatic carbocycles. The van der Waals surface area contributed by atoms with Gasteiger partial charge >= 0.3 is 12.1 Å². The van der Waals surface area contributed by atoms with Crippen molar-refractivity contribution in [1.82, 2.24) is 0 Å². The molecule has 0 bridgehead atoms. The number of anilines is 1. The molecule has 1 aromatic rings. The van der Waals surface area contributed by atoms with Crippen LogP contribution in [0, 0.1) is 5.92 Å². The van der Waals surface area contributed by atoms with Crippen LogP contribution in [0.4, 0.5) is 18.9 Å². The van der Waals surface area contributed by atoms with E-state index in [-0.39, 0.29) is 18.9 Å². The number of ether oxygens (including phenoxy) is 1. The summed E-state index contributed by atoms with van der Waals surface area (Å²) in [6.07, 6.45) is -4.52. The number of rotatable bonds is 3. The minimum Gasteiger partial charge on any atom is -0.481 e. The second-order valence-electron chi connectivity index (χ2n) is 4.82. The summed E-state index contributed by atoms with van der Waals surface area (Å²) in [5, 5.41) is 9.12. The van der Waals surface area contributed by atoms with E-state index < -0.39 is 29.7 Å². The highest BCUT2D eigenvalue weighted by Crippen LogP contribution is 2.39. The van der Waals surface area contributed by atoms with Crippen LogP contribution in [0.25, 0.3) is 0 Å². The number of halogens is 4. The molecule has 2 atom stereocenters. The van der Waals surface area contributed by atoms with E-state index in [4.69, 9.17) is 9.84 Å². The monoisotopic (exact) mass is 367 g/mol. The van der Waals surface area contributed by atoms with Gasteiger partial charge in [0.15, 0.2) is 0 Å². The number of carboxylic acid groups (broad SMARTS) is 1. The maximum Gasteiger partial charge on any atom is 0.418 e. The molecule has 1 aliphatic rings. The van der Waals surface area contributed by atoms with E-state index in [9.17, 15) is 18.0 Å². The van der Waals surface area contributed by atoms with Crippen LogP contribution >= 0.6 is 15.9 Å². The largest absolute Gasteiger partial charge is 0.481 e. The van der Waals surface area contributed by atoms with Gasteiger partial charge in [0.05, 0.1) is 24.8 Å². The predicted octanol–water partition coefficient (Wildman–Crippen LogP) is 3.00. The third-order valence-electron chi connectivity index (χ3n) is 3.51. The maximum absolute atomic E-state index is 13.1. The molecule has 1 aliphatic heterocycles. The first kappa shape index (κ1) is 16.1. The van der Waals surface area contributed by atoms with Crippen LogP contribution < -0.4 is 4.90 Å². The Labute approximate surface area is 127 Å². The molecule has 2 unspecified atom stereocenters. The van der Waals surface area contributed by atoms with Crippen LogP contribution in [0.5, 0.6) is 0 Å². The Hall–Kier alpha value is -1.28. The summed E-state index contributed by atoms with van der Waals surface area (Å²) in [6, 6.07) is 3.17. The van der Waals surface area contributed by atoms with Crippen molar-refractivity contribution in [2.24, 2.45) is 5.92 Å². The van der Waals surface area contributed by atoms with Gasteiger partial charge in [-0.25, -0.2) is 0 Å². The average molecular weight is 368 g/mol. The Balaban J connectivity index is 2.39. The van der Waals surface area contributed by atoms with Crippen molar-refractivity contribution < 1.29 is 27.8 Å². The van der Waals surface area contributed by atoms with Crippen molar-refractivity contribution in [2.45, 2.75) is 12.2 Å². The molecule has 0 saturated carbocycles. The summed E-state index contributed by atoms with van der Waals surface area (Å²) in [4.78, 5) is 12.5. The number of alkyl halides is 3. The second-order valence-corrected chi connectivity index (χ2v) is 5.74. The number of hydrogen-bond acceptors (Lipinski definition) is 3. The van der Waals surface area contributed by atoms with Crippen LogP contribution in [0.3, 0.4) is 0 Å². The SMILES string of the molecule is CN(c1ccc(Br)cc1C(F)(F)F)C1COCC1C(=O)O. The predicted molar refractivity (Wildman–Crippen MR) is 73.3 cm³/mol. The molecular formula is C13H13BrF3NO3. The Morgan fingerprint density at radius 1 is 1.43 bits per heavy atom. The number of benzene rings is 1. The van der Waals surface area contributed by atoms with Crippen LogP contribution in [0.2, 0.25) is 0 Å². The maximum atomic E-state index is 13.1. The summed E-state index contributed by atoms with van der Waals surface area (Å²) >= 11 is 3.02. The highest BCUT2D eigenvalue weighted by Gasteiger charge is 2.40. The second kappa shape index (κ2) is 5.84. The van der Waals surface area contributed by atoms with Gasteiger partial charge in [-0.2, -0.15) is 13.2 Å². The summed E-state index contributed by atoms with van der Waals surface area (Å²) in [5.74, 6) is -1.92. The molecule has 0 aromatic heterocycles. The fraction of sp³-hybridized carbons (Fsp3) is 0.462. The molecule has 8 heteroatoms. The van der Waals surface area contributed by atoms with Gasteiger partial charge in [-0.15, -0.1) is 0 Å². The van der Waals surface area contributed by atoms with Gasteiger partial charge in [-0.05, 0) is 18.2 Å². The highest BCUT2D eigenvalue weighted by molar-refractivity contribution is 9.10. The molecule has 2 rings (SSSR count). The average Bonchev–Trinajstić information content (AvgIpc) is 2.86. The molecule has 1 heterocycles. The molecule has 0 radical (unpaired) electrons. The molecule has 1 saturated heterocycles. The van der Waals surface area contributed by atoms with E-state index in [0.717, 1.165) is 6.07 Å². The Morgan fingerprint density at radius 3 is 2.67 bits per heavy atom. The first-order valence-electron chi connectivity index (χ1n) is 6.12. The fourth-order valence-corrected chi connectivity index (χ4v) is 2.74. The number of carboxylic acids is 1. The lowest BCUT2D eigenvalue weighted by Gasteiger charge is -2.30. The van der Waals surface area contributed by atoms with Crippen molar-refractivity contribution in [3.05, 3.63) is 28.2 Å². The zero-order chi connectivity index (χ0) is 15.8. The standard InChI is InChI=1S/C13H13BrF3NO3/c1-18(11-6-21-5-8(11)12(19)20)10-3-2-7(14)4-9(10)13(15,16)17/h2-4,8,11H,5-6H2,1H3,(H,19,20). The number of nitrogens with zero attached hydrogens (tertiary/aromatic N) is 1. The van der Waals surface area contributed by atoms with Crippen LogP contribution in [0.1, 0.15) is 5.56 Å². The molecular weight excluding hydrogens is 355 g/mol. The van der Waals surface area contributed by atoms with Gasteiger partial charge in [-0.3, -0.25) is 4.79 Å². The summed E-state index contributed by atoms with van der Waals surface area (Å²) in [5.41, 5.74) is -0.872. The van der Waals surface area contributed by atoms with Crippen molar-refractivity contribution in [3.63, 3.8) is 0 Å². The zero-order valence-electron chi connectivity index (χ0n) is 11.0. The van der Waals surface area contributed by atoms with Gasteiger partial charge in [0.25, 0.3) is 0 Å². The molecule has 116 valence electrons. The smallest absolute Gasteiger partial charge is 0.418 e. The minimum atomic E-state index is -4.52. The first-order valence-corrected chi connectivity index (χ1v) is 6.91. The molecule has 0 aliphatic carbocycles. The number of aliphatic carboxylic acids is 1. The van der Waals surface area contributed by atoms with E-state index in [1.807, 2.05) is 0 Å². The van der Waals surface area contributed by atoms with Gasteiger partial charge in [0.2, 0.25) is 0 Å². The van der Waals surface area contributed by atoms with E-state index in [1.54, 1.807) is 0 Å². The van der Waals surface area contributed by atoms with Crippen LogP contribution in [0.15, 0.2) is 22.7 Å². The Kier molecular flexibility index (Phi) is 4.48. The van der Waals surface area contributed by atoms with Gasteiger partial charge < -0.3 is 14.7 Å². The third-order valence-corrected chi connectivity index (χ3v) is 4.00. The lowest BCUT2D eigenvalue weighted by atomic mass is 10.0. The molecule has 4 nitrogen and oxygen atoms in total. The minimum absolute atomic E-state index is 0.00220. The number of carbonyl (C=O) groups is 1. The molecule has 21 heavy (non-hydrogen) atoms. The zero-order valence-corrected chi connectivity index (χ0v) is 12.6. The molecule has 1 fully saturated rings. The highest BCUT2D eigenvalue weighted by atomic mass is 79.9. The first-order chi connectivity index (χ1) is 9.71. The van der Waals surface area contributed by atoms with Gasteiger partial charge in [0.1, 0.15) is 5.92 Å². The lowest BCUT2D eigenvalue weighted by Crippen LogP contribution is -2.41. The van der Waals surface area contributed by atoms with E-state index in [1.165, 1.54) is 24.1 Å². The Bertz CT molecular complexity index is 550. The van der Waals surface area contributed by atoms with Crippen molar-refractivity contribution in [2.75, 3.05) is 25.2 Å². The van der Waals surface area contributed by atoms with Crippen LogP contribution in [-0.4, -0.2) is 37.4 Å². The van der Waals surface area contributed by atoms with Crippen LogP contribution in [-0.2, 0) is 15.7 Å². The number of hydrogen-bond donors (Lipinski definition) is 1. The third kappa shape index (κ3) is 3.32. The van der Waals surface area contributed by atoms with Crippen molar-refractivity contribution in [1.29, 1.82) is 0 Å². The normalized spacial score (nSPS) is 22.3.